The van der Waals surface area contributed by atoms with Crippen molar-refractivity contribution in [2.75, 3.05) is 25.0 Å². The van der Waals surface area contributed by atoms with Gasteiger partial charge in [0.15, 0.2) is 0 Å². The molecule has 0 aromatic heterocycles. The maximum Gasteiger partial charge on any atom is 0.338 e. The van der Waals surface area contributed by atoms with Crippen molar-refractivity contribution in [3.05, 3.63) is 77.4 Å². The molecule has 4 rings (SSSR count). The zero-order chi connectivity index (χ0) is 28.7. The lowest BCUT2D eigenvalue weighted by Crippen LogP contribution is -2.18. The van der Waals surface area contributed by atoms with Crippen LogP contribution in [0.4, 0.5) is 5.69 Å². The molecule has 0 unspecified atom stereocenters. The molecule has 0 radical (unpaired) electrons. The maximum atomic E-state index is 12.1. The van der Waals surface area contributed by atoms with Crippen molar-refractivity contribution in [3.63, 3.8) is 0 Å². The van der Waals surface area contributed by atoms with Crippen molar-refractivity contribution < 1.29 is 14.3 Å². The van der Waals surface area contributed by atoms with E-state index < -0.39 is 0 Å². The van der Waals surface area contributed by atoms with Crippen LogP contribution in [0.3, 0.4) is 0 Å². The molecule has 5 nitrogen and oxygen atoms in total. The lowest BCUT2D eigenvalue weighted by molar-refractivity contribution is -0.116. The highest BCUT2D eigenvalue weighted by atomic mass is 16.5. The summed E-state index contributed by atoms with van der Waals surface area (Å²) in [6.07, 6.45) is 5.21. The summed E-state index contributed by atoms with van der Waals surface area (Å²) in [4.78, 5) is 23.6. The molecule has 0 amide bonds. The molecule has 2 N–H and O–H groups in total. The summed E-state index contributed by atoms with van der Waals surface area (Å²) in [6.45, 7) is 12.2. The number of nitrogens with one attached hydrogen (secondary N) is 2. The Balaban J connectivity index is 1.68. The van der Waals surface area contributed by atoms with E-state index in [4.69, 9.17) is 4.74 Å². The summed E-state index contributed by atoms with van der Waals surface area (Å²) in [5.74, 6) is -0.106. The molecule has 212 valence electrons. The average molecular weight is 541 g/mol. The fourth-order valence-electron chi connectivity index (χ4n) is 4.99. The number of ether oxygens (including phenoxy) is 1. The smallest absolute Gasteiger partial charge is 0.338 e. The average Bonchev–Trinajstić information content (AvgIpc) is 3.75. The van der Waals surface area contributed by atoms with Crippen LogP contribution < -0.4 is 10.6 Å². The summed E-state index contributed by atoms with van der Waals surface area (Å²) >= 11 is 0. The fraction of sp³-hybridized carbons (Fsp3) is 0.429. The van der Waals surface area contributed by atoms with Gasteiger partial charge in [-0.05, 0) is 115 Å². The van der Waals surface area contributed by atoms with Crippen LogP contribution in [0.1, 0.15) is 81.8 Å². The number of ketones is 1. The Morgan fingerprint density at radius 1 is 0.900 bits per heavy atom. The van der Waals surface area contributed by atoms with Crippen molar-refractivity contribution in [2.45, 2.75) is 78.2 Å². The van der Waals surface area contributed by atoms with E-state index in [1.165, 1.54) is 35.1 Å². The van der Waals surface area contributed by atoms with Gasteiger partial charge in [0.25, 0.3) is 0 Å². The Kier molecular flexibility index (Phi) is 9.80. The van der Waals surface area contributed by atoms with E-state index in [9.17, 15) is 9.59 Å². The third-order valence-electron chi connectivity index (χ3n) is 7.40. The van der Waals surface area contributed by atoms with Crippen LogP contribution in [0, 0.1) is 0 Å². The number of carbonyl (C=O) groups is 2. The number of hydrogen-bond acceptors (Lipinski definition) is 5. The first kappa shape index (κ1) is 29.5. The van der Waals surface area contributed by atoms with Gasteiger partial charge in [-0.25, -0.2) is 4.79 Å². The minimum absolute atomic E-state index is 0.0660. The molecule has 1 fully saturated rings. The quantitative estimate of drug-likeness (QED) is 0.173. The van der Waals surface area contributed by atoms with E-state index in [1.54, 1.807) is 6.92 Å². The van der Waals surface area contributed by atoms with E-state index in [-0.39, 0.29) is 17.2 Å². The van der Waals surface area contributed by atoms with E-state index in [2.05, 4.69) is 67.8 Å². The predicted molar refractivity (Wildman–Crippen MR) is 165 cm³/mol. The summed E-state index contributed by atoms with van der Waals surface area (Å²) < 4.78 is 5.15. The van der Waals surface area contributed by atoms with Crippen LogP contribution >= 0.6 is 0 Å². The van der Waals surface area contributed by atoms with Crippen LogP contribution in [-0.2, 0) is 21.4 Å². The molecule has 40 heavy (non-hydrogen) atoms. The third kappa shape index (κ3) is 8.04. The number of esters is 1. The number of anilines is 1. The normalized spacial score (nSPS) is 13.2. The molecule has 5 heteroatoms. The van der Waals surface area contributed by atoms with Gasteiger partial charge in [-0.2, -0.15) is 0 Å². The number of rotatable bonds is 13. The van der Waals surface area contributed by atoms with Crippen molar-refractivity contribution in [1.82, 2.24) is 5.32 Å². The van der Waals surface area contributed by atoms with Gasteiger partial charge in [0.1, 0.15) is 5.78 Å². The first-order chi connectivity index (χ1) is 19.2. The van der Waals surface area contributed by atoms with Crippen molar-refractivity contribution in [1.29, 1.82) is 0 Å². The second-order valence-corrected chi connectivity index (χ2v) is 11.9. The van der Waals surface area contributed by atoms with Gasteiger partial charge in [0, 0.05) is 24.7 Å². The molecule has 0 saturated heterocycles. The first-order valence-electron chi connectivity index (χ1n) is 14.7. The van der Waals surface area contributed by atoms with Gasteiger partial charge < -0.3 is 15.4 Å². The molecular formula is C35H44N2O3. The number of carbonyl (C=O) groups excluding carboxylic acids is 2. The molecule has 3 aromatic carbocycles. The van der Waals surface area contributed by atoms with Crippen LogP contribution in [0.15, 0.2) is 60.7 Å². The molecule has 1 aliphatic rings. The van der Waals surface area contributed by atoms with Crippen molar-refractivity contribution in [3.8, 4) is 22.3 Å². The minimum Gasteiger partial charge on any atom is -0.462 e. The number of benzene rings is 3. The molecule has 0 bridgehead atoms. The fourth-order valence-corrected chi connectivity index (χ4v) is 4.99. The summed E-state index contributed by atoms with van der Waals surface area (Å²) in [6, 6.07) is 21.8. The molecular weight excluding hydrogens is 496 g/mol. The van der Waals surface area contributed by atoms with Crippen LogP contribution in [0.25, 0.3) is 22.3 Å². The molecule has 0 atom stereocenters. The van der Waals surface area contributed by atoms with Crippen LogP contribution in [0.5, 0.6) is 0 Å². The van der Waals surface area contributed by atoms with Gasteiger partial charge in [-0.15, -0.1) is 0 Å². The highest BCUT2D eigenvalue weighted by Crippen LogP contribution is 2.37. The third-order valence-corrected chi connectivity index (χ3v) is 7.40. The molecule has 1 aliphatic carbocycles. The lowest BCUT2D eigenvalue weighted by atomic mass is 9.83. The maximum absolute atomic E-state index is 12.1. The van der Waals surface area contributed by atoms with Gasteiger partial charge in [-0.3, -0.25) is 4.79 Å². The Labute approximate surface area is 239 Å². The van der Waals surface area contributed by atoms with Crippen molar-refractivity contribution >= 4 is 17.4 Å². The van der Waals surface area contributed by atoms with Crippen LogP contribution in [0.2, 0.25) is 0 Å². The zero-order valence-electron chi connectivity index (χ0n) is 24.7. The van der Waals surface area contributed by atoms with Gasteiger partial charge >= 0.3 is 5.97 Å². The molecule has 0 heterocycles. The van der Waals surface area contributed by atoms with E-state index in [0.29, 0.717) is 25.1 Å². The predicted octanol–water partition coefficient (Wildman–Crippen LogP) is 7.57. The van der Waals surface area contributed by atoms with E-state index in [1.807, 2.05) is 31.2 Å². The number of aryl methyl sites for hydroxylation is 1. The second-order valence-electron chi connectivity index (χ2n) is 11.9. The molecule has 3 aromatic rings. The first-order valence-corrected chi connectivity index (χ1v) is 14.7. The van der Waals surface area contributed by atoms with Gasteiger partial charge in [0.2, 0.25) is 0 Å². The largest absolute Gasteiger partial charge is 0.462 e. The van der Waals surface area contributed by atoms with E-state index >= 15 is 0 Å². The molecule has 0 spiro atoms. The second kappa shape index (κ2) is 13.3. The zero-order valence-corrected chi connectivity index (χ0v) is 24.7. The molecule has 1 saturated carbocycles. The topological polar surface area (TPSA) is 67.4 Å². The van der Waals surface area contributed by atoms with Crippen molar-refractivity contribution in [2.24, 2.45) is 0 Å². The highest BCUT2D eigenvalue weighted by molar-refractivity contribution is 5.90. The highest BCUT2D eigenvalue weighted by Gasteiger charge is 2.21. The summed E-state index contributed by atoms with van der Waals surface area (Å²) in [7, 11) is 0. The minimum atomic E-state index is -0.295. The summed E-state index contributed by atoms with van der Waals surface area (Å²) in [5.41, 5.74) is 8.76. The Bertz CT molecular complexity index is 1320. The van der Waals surface area contributed by atoms with Gasteiger partial charge in [0.05, 0.1) is 12.2 Å². The lowest BCUT2D eigenvalue weighted by Gasteiger charge is -2.25. The SMILES string of the molecule is CCOC(=O)c1ccc(-c2ccc(CCCNC3CC3)c(-c3ccc(NCCC(C)=O)c(C(C)(C)C)c3)c2)cc1. The number of Topliss-reactive ketones (excluding diaryl/α,β-unsaturated/α-hetero) is 1. The Hall–Kier alpha value is -3.44. The van der Waals surface area contributed by atoms with Gasteiger partial charge in [-0.1, -0.05) is 51.1 Å². The Morgan fingerprint density at radius 3 is 2.25 bits per heavy atom. The standard InChI is InChI=1S/C35H44N2O3/c1-6-40-34(39)27-12-9-25(10-13-27)28-14-11-26(8-7-20-36-30-16-17-30)31(22-28)29-15-18-33(37-21-19-24(2)38)32(23-29)35(3,4)5/h9-15,18,22-23,30,36-37H,6-8,16-17,19-21H2,1-5H3. The molecule has 0 aliphatic heterocycles. The summed E-state index contributed by atoms with van der Waals surface area (Å²) in [5, 5.41) is 7.14. The Morgan fingerprint density at radius 2 is 1.60 bits per heavy atom. The van der Waals surface area contributed by atoms with E-state index in [0.717, 1.165) is 42.2 Å². The monoisotopic (exact) mass is 540 g/mol. The van der Waals surface area contributed by atoms with Crippen LogP contribution in [-0.4, -0.2) is 37.5 Å². The number of hydrogen-bond donors (Lipinski definition) is 2.